The Balaban J connectivity index is 2.77. The van der Waals surface area contributed by atoms with Crippen molar-refractivity contribution in [2.45, 2.75) is 6.04 Å². The van der Waals surface area contributed by atoms with E-state index in [1.165, 1.54) is 0 Å². The molecule has 0 aromatic carbocycles. The van der Waals surface area contributed by atoms with E-state index in [0.717, 1.165) is 0 Å². The maximum Gasteiger partial charge on any atom is 0.312 e. The van der Waals surface area contributed by atoms with Crippen LogP contribution in [0.3, 0.4) is 0 Å². The molecule has 1 rings (SSSR count). The van der Waals surface area contributed by atoms with Crippen molar-refractivity contribution in [1.82, 2.24) is 4.90 Å². The second-order valence-corrected chi connectivity index (χ2v) is 3.09. The van der Waals surface area contributed by atoms with E-state index in [2.05, 4.69) is 0 Å². The average Bonchev–Trinajstić information content (AvgIpc) is 2.04. The van der Waals surface area contributed by atoms with Gasteiger partial charge in [0.1, 0.15) is 0 Å². The summed E-state index contributed by atoms with van der Waals surface area (Å²) in [7, 11) is 3.76. The molecule has 2 unspecified atom stereocenters. The van der Waals surface area contributed by atoms with Crippen molar-refractivity contribution in [2.75, 3.05) is 14.1 Å². The van der Waals surface area contributed by atoms with E-state index < -0.39 is 11.9 Å². The third kappa shape index (κ3) is 1.74. The summed E-state index contributed by atoms with van der Waals surface area (Å²) in [6.07, 6.45) is 7.27. The van der Waals surface area contributed by atoms with Gasteiger partial charge in [0, 0.05) is 6.04 Å². The second kappa shape index (κ2) is 3.54. The molecule has 0 radical (unpaired) electrons. The molecule has 3 nitrogen and oxygen atoms in total. The molecule has 0 saturated carbocycles. The van der Waals surface area contributed by atoms with Crippen LogP contribution in [0.25, 0.3) is 0 Å². The van der Waals surface area contributed by atoms with Crippen LogP contribution in [-0.4, -0.2) is 36.1 Å². The average molecular weight is 167 g/mol. The Morgan fingerprint density at radius 1 is 1.33 bits per heavy atom. The summed E-state index contributed by atoms with van der Waals surface area (Å²) < 4.78 is 0. The zero-order chi connectivity index (χ0) is 9.14. The van der Waals surface area contributed by atoms with E-state index in [1.807, 2.05) is 31.1 Å². The highest BCUT2D eigenvalue weighted by atomic mass is 16.4. The maximum atomic E-state index is 10.8. The molecule has 0 saturated heterocycles. The van der Waals surface area contributed by atoms with E-state index in [0.29, 0.717) is 0 Å². The van der Waals surface area contributed by atoms with Gasteiger partial charge in [0.25, 0.3) is 0 Å². The molecule has 2 atom stereocenters. The molecule has 66 valence electrons. The highest BCUT2D eigenvalue weighted by molar-refractivity contribution is 5.74. The van der Waals surface area contributed by atoms with Gasteiger partial charge < -0.3 is 10.0 Å². The molecular weight excluding hydrogens is 154 g/mol. The normalized spacial score (nSPS) is 27.9. The monoisotopic (exact) mass is 167 g/mol. The van der Waals surface area contributed by atoms with E-state index in [4.69, 9.17) is 5.11 Å². The number of hydrogen-bond acceptors (Lipinski definition) is 2. The van der Waals surface area contributed by atoms with E-state index >= 15 is 0 Å². The van der Waals surface area contributed by atoms with Crippen LogP contribution in [0.5, 0.6) is 0 Å². The number of nitrogens with zero attached hydrogens (tertiary/aromatic N) is 1. The summed E-state index contributed by atoms with van der Waals surface area (Å²) in [6.45, 7) is 0. The predicted molar refractivity (Wildman–Crippen MR) is 46.9 cm³/mol. The molecular formula is C9H13NO2. The summed E-state index contributed by atoms with van der Waals surface area (Å²) in [6, 6.07) is -0.0208. The van der Waals surface area contributed by atoms with Crippen molar-refractivity contribution in [3.05, 3.63) is 24.3 Å². The lowest BCUT2D eigenvalue weighted by Gasteiger charge is -2.26. The highest BCUT2D eigenvalue weighted by Gasteiger charge is 2.26. The van der Waals surface area contributed by atoms with Gasteiger partial charge in [-0.15, -0.1) is 0 Å². The molecule has 3 heteroatoms. The van der Waals surface area contributed by atoms with Crippen LogP contribution < -0.4 is 0 Å². The smallest absolute Gasteiger partial charge is 0.312 e. The first-order valence-electron chi connectivity index (χ1n) is 3.87. The molecule has 0 aliphatic heterocycles. The fourth-order valence-electron chi connectivity index (χ4n) is 1.32. The van der Waals surface area contributed by atoms with Gasteiger partial charge in [-0.2, -0.15) is 0 Å². The van der Waals surface area contributed by atoms with Crippen molar-refractivity contribution in [2.24, 2.45) is 5.92 Å². The lowest BCUT2D eigenvalue weighted by Crippen LogP contribution is -2.37. The van der Waals surface area contributed by atoms with Gasteiger partial charge in [0.05, 0.1) is 5.92 Å². The molecule has 0 aromatic rings. The lowest BCUT2D eigenvalue weighted by atomic mass is 9.94. The van der Waals surface area contributed by atoms with Gasteiger partial charge in [-0.25, -0.2) is 0 Å². The van der Waals surface area contributed by atoms with Crippen molar-refractivity contribution >= 4 is 5.97 Å². The molecule has 1 N–H and O–H groups in total. The van der Waals surface area contributed by atoms with Crippen LogP contribution >= 0.6 is 0 Å². The largest absolute Gasteiger partial charge is 0.481 e. The minimum atomic E-state index is -0.769. The Bertz CT molecular complexity index is 231. The molecule has 0 bridgehead atoms. The SMILES string of the molecule is CN(C)C1C=CC=CC1C(=O)O. The summed E-state index contributed by atoms with van der Waals surface area (Å²) in [5.41, 5.74) is 0. The third-order valence-electron chi connectivity index (χ3n) is 1.99. The van der Waals surface area contributed by atoms with E-state index in [1.54, 1.807) is 12.2 Å². The topological polar surface area (TPSA) is 40.5 Å². The third-order valence-corrected chi connectivity index (χ3v) is 1.99. The van der Waals surface area contributed by atoms with Crippen LogP contribution in [0.1, 0.15) is 0 Å². The van der Waals surface area contributed by atoms with Crippen LogP contribution in [0, 0.1) is 5.92 Å². The van der Waals surface area contributed by atoms with Gasteiger partial charge in [-0.05, 0) is 14.1 Å². The Morgan fingerprint density at radius 2 is 1.92 bits per heavy atom. The zero-order valence-electron chi connectivity index (χ0n) is 7.27. The first-order chi connectivity index (χ1) is 5.63. The number of carboxylic acid groups (broad SMARTS) is 1. The number of rotatable bonds is 2. The fraction of sp³-hybridized carbons (Fsp3) is 0.444. The summed E-state index contributed by atoms with van der Waals surface area (Å²) >= 11 is 0. The van der Waals surface area contributed by atoms with Crippen LogP contribution in [0.2, 0.25) is 0 Å². The molecule has 12 heavy (non-hydrogen) atoms. The van der Waals surface area contributed by atoms with Gasteiger partial charge in [0.15, 0.2) is 0 Å². The highest BCUT2D eigenvalue weighted by Crippen LogP contribution is 2.16. The minimum Gasteiger partial charge on any atom is -0.481 e. The Kier molecular flexibility index (Phi) is 2.65. The minimum absolute atomic E-state index is 0.0208. The molecule has 0 heterocycles. The number of hydrogen-bond donors (Lipinski definition) is 1. The van der Waals surface area contributed by atoms with E-state index in [-0.39, 0.29) is 6.04 Å². The number of carbonyl (C=O) groups is 1. The predicted octanol–water partition coefficient (Wildman–Crippen LogP) is 0.743. The summed E-state index contributed by atoms with van der Waals surface area (Å²) in [5.74, 6) is -1.18. The van der Waals surface area contributed by atoms with Crippen LogP contribution in [0.15, 0.2) is 24.3 Å². The van der Waals surface area contributed by atoms with Gasteiger partial charge >= 0.3 is 5.97 Å². The van der Waals surface area contributed by atoms with Gasteiger partial charge in [-0.1, -0.05) is 24.3 Å². The maximum absolute atomic E-state index is 10.8. The zero-order valence-corrected chi connectivity index (χ0v) is 7.27. The molecule has 0 spiro atoms. The van der Waals surface area contributed by atoms with Crippen molar-refractivity contribution in [1.29, 1.82) is 0 Å². The molecule has 0 aromatic heterocycles. The molecule has 0 amide bonds. The Labute approximate surface area is 72.0 Å². The summed E-state index contributed by atoms with van der Waals surface area (Å²) in [5, 5.41) is 8.85. The Hall–Kier alpha value is -1.09. The van der Waals surface area contributed by atoms with Crippen molar-refractivity contribution < 1.29 is 9.90 Å². The number of aliphatic carboxylic acids is 1. The molecule has 1 aliphatic rings. The second-order valence-electron chi connectivity index (χ2n) is 3.09. The summed E-state index contributed by atoms with van der Waals surface area (Å²) in [4.78, 5) is 12.7. The number of likely N-dealkylation sites (N-methyl/N-ethyl adjacent to an activating group) is 1. The van der Waals surface area contributed by atoms with Crippen molar-refractivity contribution in [3.63, 3.8) is 0 Å². The quantitative estimate of drug-likeness (QED) is 0.659. The van der Waals surface area contributed by atoms with Crippen molar-refractivity contribution in [3.8, 4) is 0 Å². The lowest BCUT2D eigenvalue weighted by molar-refractivity contribution is -0.141. The number of carboxylic acids is 1. The van der Waals surface area contributed by atoms with Crippen LogP contribution in [-0.2, 0) is 4.79 Å². The molecule has 1 aliphatic carbocycles. The first-order valence-corrected chi connectivity index (χ1v) is 3.87. The Morgan fingerprint density at radius 3 is 2.33 bits per heavy atom. The van der Waals surface area contributed by atoms with Gasteiger partial charge in [-0.3, -0.25) is 4.79 Å². The van der Waals surface area contributed by atoms with Gasteiger partial charge in [0.2, 0.25) is 0 Å². The number of allylic oxidation sites excluding steroid dienone is 2. The fourth-order valence-corrected chi connectivity index (χ4v) is 1.32. The standard InChI is InChI=1S/C9H13NO2/c1-10(2)8-6-4-3-5-7(8)9(11)12/h3-8H,1-2H3,(H,11,12). The van der Waals surface area contributed by atoms with Crippen LogP contribution in [0.4, 0.5) is 0 Å². The molecule has 0 fully saturated rings. The van der Waals surface area contributed by atoms with E-state index in [9.17, 15) is 4.79 Å². The first kappa shape index (κ1) is 9.00.